The molecule has 0 radical (unpaired) electrons. The number of para-hydroxylation sites is 2. The molecule has 1 aliphatic carbocycles. The predicted molar refractivity (Wildman–Crippen MR) is 92.7 cm³/mol. The molecule has 3 atom stereocenters. The molecule has 0 bridgehead atoms. The average Bonchev–Trinajstić information content (AvgIpc) is 2.59. The minimum Gasteiger partial charge on any atom is -0.377 e. The SMILES string of the molecule is CCC(OC)C1=CC2Nc3nc4ccccc4nc3NC2C=C1. The van der Waals surface area contributed by atoms with Gasteiger partial charge in [0.25, 0.3) is 0 Å². The smallest absolute Gasteiger partial charge is 0.170 e. The quantitative estimate of drug-likeness (QED) is 0.912. The van der Waals surface area contributed by atoms with Gasteiger partial charge in [-0.3, -0.25) is 0 Å². The number of benzene rings is 1. The maximum atomic E-state index is 5.55. The second kappa shape index (κ2) is 5.66. The highest BCUT2D eigenvalue weighted by atomic mass is 16.5. The highest BCUT2D eigenvalue weighted by Gasteiger charge is 2.29. The number of methoxy groups -OCH3 is 1. The first-order chi connectivity index (χ1) is 11.3. The van der Waals surface area contributed by atoms with E-state index in [1.165, 1.54) is 5.57 Å². The Balaban J connectivity index is 1.68. The van der Waals surface area contributed by atoms with Gasteiger partial charge in [-0.2, -0.15) is 0 Å². The summed E-state index contributed by atoms with van der Waals surface area (Å²) in [7, 11) is 1.76. The Hall–Kier alpha value is -2.40. The molecule has 2 aliphatic rings. The molecule has 0 fully saturated rings. The Labute approximate surface area is 135 Å². The molecule has 5 nitrogen and oxygen atoms in total. The van der Waals surface area contributed by atoms with E-state index in [1.807, 2.05) is 24.3 Å². The molecular weight excluding hydrogens is 288 g/mol. The van der Waals surface area contributed by atoms with Gasteiger partial charge in [-0.1, -0.05) is 37.3 Å². The van der Waals surface area contributed by atoms with E-state index in [4.69, 9.17) is 9.72 Å². The van der Waals surface area contributed by atoms with Crippen LogP contribution in [0.3, 0.4) is 0 Å². The van der Waals surface area contributed by atoms with Crippen LogP contribution in [0, 0.1) is 0 Å². The van der Waals surface area contributed by atoms with Gasteiger partial charge in [-0.05, 0) is 24.1 Å². The van der Waals surface area contributed by atoms with Gasteiger partial charge in [0.15, 0.2) is 11.6 Å². The van der Waals surface area contributed by atoms with Crippen molar-refractivity contribution < 1.29 is 4.74 Å². The standard InChI is InChI=1S/C18H20N4O/c1-3-16(23-2)11-8-9-14-15(10-11)22-18-17(21-14)19-12-6-4-5-7-13(12)20-18/h4-10,14-16H,3H2,1-2H3,(H,19,21)(H,20,22). The van der Waals surface area contributed by atoms with Crippen LogP contribution in [0.2, 0.25) is 0 Å². The van der Waals surface area contributed by atoms with Gasteiger partial charge in [0.05, 0.1) is 29.2 Å². The average molecular weight is 308 g/mol. The van der Waals surface area contributed by atoms with Crippen LogP contribution >= 0.6 is 0 Å². The van der Waals surface area contributed by atoms with Crippen LogP contribution in [0.25, 0.3) is 11.0 Å². The van der Waals surface area contributed by atoms with Crippen molar-refractivity contribution in [3.63, 3.8) is 0 Å². The fourth-order valence-electron chi connectivity index (χ4n) is 3.24. The second-order valence-corrected chi connectivity index (χ2v) is 5.91. The van der Waals surface area contributed by atoms with E-state index in [1.54, 1.807) is 7.11 Å². The second-order valence-electron chi connectivity index (χ2n) is 5.91. The topological polar surface area (TPSA) is 59.1 Å². The van der Waals surface area contributed by atoms with Crippen molar-refractivity contribution >= 4 is 22.7 Å². The Morgan fingerprint density at radius 2 is 1.74 bits per heavy atom. The van der Waals surface area contributed by atoms with Crippen molar-refractivity contribution in [2.24, 2.45) is 0 Å². The molecule has 2 aromatic rings. The summed E-state index contributed by atoms with van der Waals surface area (Å²) in [6, 6.07) is 8.26. The number of hydrogen-bond donors (Lipinski definition) is 2. The maximum Gasteiger partial charge on any atom is 0.170 e. The van der Waals surface area contributed by atoms with E-state index in [0.29, 0.717) is 0 Å². The molecule has 118 valence electrons. The summed E-state index contributed by atoms with van der Waals surface area (Å²) in [5.41, 5.74) is 3.01. The number of ether oxygens (including phenoxy) is 1. The van der Waals surface area contributed by atoms with Crippen LogP contribution in [0.15, 0.2) is 48.1 Å². The molecule has 4 rings (SSSR count). The molecule has 0 amide bonds. The van der Waals surface area contributed by atoms with Gasteiger partial charge < -0.3 is 15.4 Å². The van der Waals surface area contributed by atoms with Crippen molar-refractivity contribution in [1.29, 1.82) is 0 Å². The van der Waals surface area contributed by atoms with E-state index < -0.39 is 0 Å². The van der Waals surface area contributed by atoms with Crippen LogP contribution in [0.5, 0.6) is 0 Å². The molecule has 23 heavy (non-hydrogen) atoms. The fraction of sp³-hybridized carbons (Fsp3) is 0.333. The van der Waals surface area contributed by atoms with Gasteiger partial charge in [-0.15, -0.1) is 0 Å². The summed E-state index contributed by atoms with van der Waals surface area (Å²) in [5.74, 6) is 1.62. The first-order valence-electron chi connectivity index (χ1n) is 8.01. The minimum absolute atomic E-state index is 0.137. The number of rotatable bonds is 3. The highest BCUT2D eigenvalue weighted by molar-refractivity contribution is 5.81. The van der Waals surface area contributed by atoms with Crippen molar-refractivity contribution in [3.8, 4) is 0 Å². The molecule has 1 aromatic heterocycles. The molecule has 3 unspecified atom stereocenters. The Morgan fingerprint density at radius 1 is 1.09 bits per heavy atom. The van der Waals surface area contributed by atoms with Crippen molar-refractivity contribution in [1.82, 2.24) is 9.97 Å². The van der Waals surface area contributed by atoms with E-state index in [0.717, 1.165) is 29.1 Å². The van der Waals surface area contributed by atoms with E-state index in [9.17, 15) is 0 Å². The van der Waals surface area contributed by atoms with Gasteiger partial charge in [0.2, 0.25) is 0 Å². The molecule has 1 aromatic carbocycles. The lowest BCUT2D eigenvalue weighted by atomic mass is 9.93. The summed E-state index contributed by atoms with van der Waals surface area (Å²) < 4.78 is 5.55. The molecule has 0 saturated heterocycles. The monoisotopic (exact) mass is 308 g/mol. The highest BCUT2D eigenvalue weighted by Crippen LogP contribution is 2.31. The van der Waals surface area contributed by atoms with Crippen LogP contribution in [-0.2, 0) is 4.74 Å². The fourth-order valence-corrected chi connectivity index (χ4v) is 3.24. The molecule has 2 N–H and O–H groups in total. The molecule has 5 heteroatoms. The van der Waals surface area contributed by atoms with E-state index >= 15 is 0 Å². The van der Waals surface area contributed by atoms with Gasteiger partial charge >= 0.3 is 0 Å². The normalized spacial score (nSPS) is 23.3. The maximum absolute atomic E-state index is 5.55. The summed E-state index contributed by atoms with van der Waals surface area (Å²) in [6.45, 7) is 2.13. The first kappa shape index (κ1) is 14.2. The molecule has 1 aliphatic heterocycles. The number of fused-ring (bicyclic) bond motifs is 3. The number of aromatic nitrogens is 2. The van der Waals surface area contributed by atoms with Crippen LogP contribution < -0.4 is 10.6 Å². The van der Waals surface area contributed by atoms with E-state index in [-0.39, 0.29) is 18.2 Å². The zero-order chi connectivity index (χ0) is 15.8. The lowest BCUT2D eigenvalue weighted by Crippen LogP contribution is -2.43. The summed E-state index contributed by atoms with van der Waals surface area (Å²) in [5, 5.41) is 6.98. The zero-order valence-corrected chi connectivity index (χ0v) is 13.3. The number of nitrogens with zero attached hydrogens (tertiary/aromatic N) is 2. The zero-order valence-electron chi connectivity index (χ0n) is 13.3. The van der Waals surface area contributed by atoms with Crippen molar-refractivity contribution in [2.45, 2.75) is 31.5 Å². The van der Waals surface area contributed by atoms with Crippen molar-refractivity contribution in [3.05, 3.63) is 48.1 Å². The molecule has 0 spiro atoms. The minimum atomic E-state index is 0.137. The first-order valence-corrected chi connectivity index (χ1v) is 8.01. The Kier molecular flexibility index (Phi) is 3.50. The van der Waals surface area contributed by atoms with Crippen LogP contribution in [-0.4, -0.2) is 35.3 Å². The summed E-state index contributed by atoms with van der Waals surface area (Å²) in [6.07, 6.45) is 7.65. The Morgan fingerprint density at radius 3 is 2.35 bits per heavy atom. The van der Waals surface area contributed by atoms with Gasteiger partial charge in [0, 0.05) is 7.11 Å². The molecule has 2 heterocycles. The lowest BCUT2D eigenvalue weighted by molar-refractivity contribution is 0.130. The summed E-state index contributed by atoms with van der Waals surface area (Å²) >= 11 is 0. The summed E-state index contributed by atoms with van der Waals surface area (Å²) in [4.78, 5) is 9.37. The predicted octanol–water partition coefficient (Wildman–Crippen LogP) is 3.13. The third-order valence-electron chi connectivity index (χ3n) is 4.46. The van der Waals surface area contributed by atoms with Gasteiger partial charge in [0.1, 0.15) is 0 Å². The van der Waals surface area contributed by atoms with Crippen molar-refractivity contribution in [2.75, 3.05) is 17.7 Å². The number of anilines is 2. The molecule has 0 saturated carbocycles. The third-order valence-corrected chi connectivity index (χ3v) is 4.46. The third kappa shape index (κ3) is 2.47. The van der Waals surface area contributed by atoms with Gasteiger partial charge in [-0.25, -0.2) is 9.97 Å². The number of nitrogens with one attached hydrogen (secondary N) is 2. The molecular formula is C18H20N4O. The van der Waals surface area contributed by atoms with Crippen LogP contribution in [0.1, 0.15) is 13.3 Å². The lowest BCUT2D eigenvalue weighted by Gasteiger charge is -2.34. The van der Waals surface area contributed by atoms with Crippen LogP contribution in [0.4, 0.5) is 11.6 Å². The van der Waals surface area contributed by atoms with E-state index in [2.05, 4.69) is 40.8 Å². The number of hydrogen-bond acceptors (Lipinski definition) is 5. The largest absolute Gasteiger partial charge is 0.377 e. The Bertz CT molecular complexity index is 795.